The maximum Gasteiger partial charge on any atom is 0.352 e. The van der Waals surface area contributed by atoms with Gasteiger partial charge in [-0.05, 0) is 35.4 Å². The Hall–Kier alpha value is -6.70. The SMILES string of the molecule is CC(=O)OCC1=C(C(=O)O)N2C(=O)C(NC(=O)CSc3ccncc3)[C@H]2SC1.CC(=O)OCC1=C(C(=O)O)N2C(=O)C(NC(=O)CSc3ccncc3)[C@H]2SC1.c1ccc(CNCCNCc2ccccc2)cc1. The van der Waals surface area contributed by atoms with Gasteiger partial charge >= 0.3 is 23.9 Å². The number of pyridine rings is 2. The van der Waals surface area contributed by atoms with E-state index in [-0.39, 0.29) is 47.9 Å². The van der Waals surface area contributed by atoms with Crippen LogP contribution in [0.1, 0.15) is 25.0 Å². The first-order valence-corrected chi connectivity index (χ1v) is 27.0. The molecule has 2 saturated heterocycles. The van der Waals surface area contributed by atoms with Gasteiger partial charge in [0.2, 0.25) is 11.8 Å². The van der Waals surface area contributed by atoms with Gasteiger partial charge in [-0.25, -0.2) is 9.59 Å². The molecule has 4 aliphatic heterocycles. The summed E-state index contributed by atoms with van der Waals surface area (Å²) in [5.41, 5.74) is 3.03. The van der Waals surface area contributed by atoms with Crippen LogP contribution in [0.3, 0.4) is 0 Å². The molecule has 0 aliphatic carbocycles. The Balaban J connectivity index is 0.000000185. The average Bonchev–Trinajstić information content (AvgIpc) is 3.41. The van der Waals surface area contributed by atoms with E-state index in [9.17, 15) is 48.6 Å². The molecule has 4 atom stereocenters. The molecule has 2 unspecified atom stereocenters. The monoisotopic (exact) mass is 1090 g/mol. The Bertz CT molecular complexity index is 2510. The highest BCUT2D eigenvalue weighted by atomic mass is 32.2. The van der Waals surface area contributed by atoms with Crippen molar-refractivity contribution in [3.63, 3.8) is 0 Å². The van der Waals surface area contributed by atoms with Gasteiger partial charge in [0.1, 0.15) is 47.4 Å². The minimum atomic E-state index is -1.26. The number of carbonyl (C=O) groups is 8. The van der Waals surface area contributed by atoms with Gasteiger partial charge in [0.05, 0.1) is 11.5 Å². The van der Waals surface area contributed by atoms with Crippen molar-refractivity contribution >= 4 is 94.6 Å². The van der Waals surface area contributed by atoms with Crippen LogP contribution in [-0.4, -0.2) is 150 Å². The zero-order valence-electron chi connectivity index (χ0n) is 40.2. The van der Waals surface area contributed by atoms with Gasteiger partial charge in [0, 0.05) is 97.3 Å². The lowest BCUT2D eigenvalue weighted by atomic mass is 10.0. The molecule has 6 N–H and O–H groups in total. The summed E-state index contributed by atoms with van der Waals surface area (Å²) in [5.74, 6) is -4.35. The number of thioether (sulfide) groups is 4. The topological polar surface area (TPSA) is 276 Å². The summed E-state index contributed by atoms with van der Waals surface area (Å²) in [7, 11) is 0. The first-order chi connectivity index (χ1) is 35.7. The fraction of sp³-hybridized carbons (Fsp3) is 0.320. The van der Waals surface area contributed by atoms with Crippen LogP contribution in [0.5, 0.6) is 0 Å². The molecule has 24 heteroatoms. The molecular weight excluding hydrogens is 1030 g/mol. The number of benzene rings is 2. The second kappa shape index (κ2) is 28.7. The maximum atomic E-state index is 12.5. The molecule has 0 saturated carbocycles. The van der Waals surface area contributed by atoms with Crippen molar-refractivity contribution in [3.8, 4) is 0 Å². The third-order valence-electron chi connectivity index (χ3n) is 10.9. The first kappa shape index (κ1) is 56.6. The zero-order chi connectivity index (χ0) is 53.0. The number of ether oxygens (including phenoxy) is 2. The van der Waals surface area contributed by atoms with Crippen molar-refractivity contribution in [3.05, 3.63) is 143 Å². The molecule has 0 radical (unpaired) electrons. The maximum absolute atomic E-state index is 12.5. The molecule has 0 bridgehead atoms. The van der Waals surface area contributed by atoms with E-state index < -0.39 is 58.5 Å². The van der Waals surface area contributed by atoms with Crippen LogP contribution >= 0.6 is 47.0 Å². The predicted molar refractivity (Wildman–Crippen MR) is 279 cm³/mol. The summed E-state index contributed by atoms with van der Waals surface area (Å²) in [6, 6.07) is 26.5. The Morgan fingerprint density at radius 1 is 0.595 bits per heavy atom. The molecule has 74 heavy (non-hydrogen) atoms. The van der Waals surface area contributed by atoms with Crippen LogP contribution in [0, 0.1) is 0 Å². The number of aromatic nitrogens is 2. The minimum absolute atomic E-state index is 0.129. The van der Waals surface area contributed by atoms with Gasteiger partial charge in [0.15, 0.2) is 0 Å². The molecule has 20 nitrogen and oxygen atoms in total. The van der Waals surface area contributed by atoms with E-state index in [1.807, 2.05) is 12.1 Å². The van der Waals surface area contributed by atoms with Crippen LogP contribution in [0.15, 0.2) is 142 Å². The third kappa shape index (κ3) is 16.4. The second-order valence-electron chi connectivity index (χ2n) is 16.3. The van der Waals surface area contributed by atoms with Crippen molar-refractivity contribution in [2.24, 2.45) is 0 Å². The minimum Gasteiger partial charge on any atom is -0.477 e. The average molecular weight is 1090 g/mol. The van der Waals surface area contributed by atoms with Crippen LogP contribution < -0.4 is 21.3 Å². The highest BCUT2D eigenvalue weighted by molar-refractivity contribution is 8.01. The van der Waals surface area contributed by atoms with Crippen molar-refractivity contribution < 1.29 is 58.0 Å². The van der Waals surface area contributed by atoms with E-state index >= 15 is 0 Å². The van der Waals surface area contributed by atoms with Crippen molar-refractivity contribution in [1.29, 1.82) is 0 Å². The molecule has 6 heterocycles. The largest absolute Gasteiger partial charge is 0.477 e. The summed E-state index contributed by atoms with van der Waals surface area (Å²) < 4.78 is 9.76. The summed E-state index contributed by atoms with van der Waals surface area (Å²) in [4.78, 5) is 106. The van der Waals surface area contributed by atoms with Gasteiger partial charge in [0.25, 0.3) is 11.8 Å². The third-order valence-corrected chi connectivity index (χ3v) is 15.6. The number of hydrogen-bond acceptors (Lipinski definition) is 18. The van der Waals surface area contributed by atoms with E-state index in [1.165, 1.54) is 72.0 Å². The van der Waals surface area contributed by atoms with Crippen LogP contribution in [-0.2, 0) is 60.9 Å². The van der Waals surface area contributed by atoms with Gasteiger partial charge in [-0.3, -0.25) is 48.5 Å². The molecule has 2 aromatic carbocycles. The normalized spacial score (nSPS) is 18.4. The quantitative estimate of drug-likeness (QED) is 0.0301. The van der Waals surface area contributed by atoms with Crippen LogP contribution in [0.4, 0.5) is 0 Å². The molecule has 2 aromatic heterocycles. The highest BCUT2D eigenvalue weighted by Crippen LogP contribution is 2.42. The molecule has 0 spiro atoms. The van der Waals surface area contributed by atoms with Crippen molar-refractivity contribution in [1.82, 2.24) is 41.0 Å². The van der Waals surface area contributed by atoms with Gasteiger partial charge < -0.3 is 41.0 Å². The number of amides is 4. The Labute approximate surface area is 443 Å². The fourth-order valence-corrected chi connectivity index (χ4v) is 11.4. The summed E-state index contributed by atoms with van der Waals surface area (Å²) in [6.07, 6.45) is 6.50. The van der Waals surface area contributed by atoms with Crippen LogP contribution in [0.2, 0.25) is 0 Å². The number of carboxylic acids is 2. The lowest BCUT2D eigenvalue weighted by molar-refractivity contribution is -0.150. The van der Waals surface area contributed by atoms with Crippen molar-refractivity contribution in [2.45, 2.75) is 59.6 Å². The second-order valence-corrected chi connectivity index (χ2v) is 20.6. The van der Waals surface area contributed by atoms with Gasteiger partial charge in [-0.2, -0.15) is 0 Å². The molecule has 2 fully saturated rings. The van der Waals surface area contributed by atoms with Crippen LogP contribution in [0.25, 0.3) is 0 Å². The van der Waals surface area contributed by atoms with E-state index in [1.54, 1.807) is 49.1 Å². The number of β-lactam (4-membered cyclic amide) rings is 2. The van der Waals surface area contributed by atoms with Gasteiger partial charge in [-0.15, -0.1) is 47.0 Å². The molecule has 4 amide bonds. The summed E-state index contributed by atoms with van der Waals surface area (Å²) in [5, 5.41) is 30.2. The molecule has 8 rings (SSSR count). The number of hydrogen-bond donors (Lipinski definition) is 6. The van der Waals surface area contributed by atoms with E-state index in [0.29, 0.717) is 22.7 Å². The number of nitrogens with one attached hydrogen (secondary N) is 4. The first-order valence-electron chi connectivity index (χ1n) is 22.9. The zero-order valence-corrected chi connectivity index (χ0v) is 43.4. The Morgan fingerprint density at radius 3 is 1.30 bits per heavy atom. The van der Waals surface area contributed by atoms with E-state index in [2.05, 4.69) is 79.8 Å². The number of nitrogens with zero attached hydrogens (tertiary/aromatic N) is 4. The molecule has 390 valence electrons. The number of esters is 2. The summed E-state index contributed by atoms with van der Waals surface area (Å²) in [6.45, 7) is 5.94. The highest BCUT2D eigenvalue weighted by Gasteiger charge is 2.55. The lowest BCUT2D eigenvalue weighted by Gasteiger charge is -2.49. The predicted octanol–water partition coefficient (Wildman–Crippen LogP) is 3.52. The number of fused-ring (bicyclic) bond motifs is 2. The fourth-order valence-electron chi connectivity index (χ4n) is 7.40. The Morgan fingerprint density at radius 2 is 0.959 bits per heavy atom. The lowest BCUT2D eigenvalue weighted by Crippen LogP contribution is -2.70. The summed E-state index contributed by atoms with van der Waals surface area (Å²) >= 11 is 5.28. The number of aliphatic carboxylic acids is 2. The number of carboxylic acid groups (broad SMARTS) is 2. The van der Waals surface area contributed by atoms with E-state index in [0.717, 1.165) is 45.8 Å². The van der Waals surface area contributed by atoms with Gasteiger partial charge in [-0.1, -0.05) is 60.7 Å². The number of rotatable bonds is 21. The van der Waals surface area contributed by atoms with E-state index in [4.69, 9.17) is 9.47 Å². The smallest absolute Gasteiger partial charge is 0.352 e. The number of carbonyl (C=O) groups excluding carboxylic acids is 6. The Kier molecular flexibility index (Phi) is 21.9. The molecule has 4 aliphatic rings. The van der Waals surface area contributed by atoms with Crippen molar-refractivity contribution in [2.75, 3.05) is 49.3 Å². The standard InChI is InChI=1S/2C17H17N3O6S2.C16H20N2/c2*1-9(21)26-6-10-7-28-16-13(15(23)20(16)14(10)17(24)25)19-12(22)8-27-11-2-4-18-5-3-11;1-3-7-15(8-4-1)13-17-11-12-18-14-16-9-5-2-6-10-16/h2*2-5,13,16H,6-8H2,1H3,(H,19,22)(H,24,25);1-10,17-18H,11-14H2/t2*13?,16-;/m11./s1. The molecule has 4 aromatic rings. The molecular formula is C50H54N8O12S4.